The van der Waals surface area contributed by atoms with Crippen LogP contribution in [0.4, 0.5) is 13.2 Å². The third-order valence-electron chi connectivity index (χ3n) is 6.24. The van der Waals surface area contributed by atoms with Crippen LogP contribution in [-0.4, -0.2) is 52.4 Å². The maximum atomic E-state index is 12.4. The van der Waals surface area contributed by atoms with Crippen molar-refractivity contribution in [3.8, 4) is 0 Å². The standard InChI is InChI=1S/C25H27ClF3N4OP/c26-18-9-7-17(8-10-18)14-22-20-5-1-2-6-21(20)24(35)33(31-22)16-19-4-3-12-32(19)13-11-30-23(34)15-25(27,28)29/h1-2,5-10,19,35H,3-4,11-16H2,(H,30,34). The zero-order valence-corrected chi connectivity index (χ0v) is 20.9. The summed E-state index contributed by atoms with van der Waals surface area (Å²) in [5.74, 6) is -0.992. The van der Waals surface area contributed by atoms with E-state index in [-0.39, 0.29) is 12.6 Å². The number of benzene rings is 2. The number of likely N-dealkylation sites (tertiary alicyclic amines) is 1. The number of carbonyl (C=O) groups excluding carboxylic acids is 1. The predicted octanol–water partition coefficient (Wildman–Crippen LogP) is 5.49. The van der Waals surface area contributed by atoms with Crippen molar-refractivity contribution < 1.29 is 18.0 Å². The Hall–Kier alpha value is -2.41. The van der Waals surface area contributed by atoms with Crippen molar-refractivity contribution >= 4 is 37.1 Å². The summed E-state index contributed by atoms with van der Waals surface area (Å²) in [4.78, 5) is 13.7. The highest BCUT2D eigenvalue weighted by atomic mass is 35.5. The Balaban J connectivity index is 1.50. The van der Waals surface area contributed by atoms with Gasteiger partial charge in [-0.15, -0.1) is 0 Å². The monoisotopic (exact) mass is 522 g/mol. The lowest BCUT2D eigenvalue weighted by Crippen LogP contribution is -2.40. The van der Waals surface area contributed by atoms with Gasteiger partial charge in [0.15, 0.2) is 0 Å². The SMILES string of the molecule is O=C(CC(F)(F)F)NCCN1CCCC1Cn1nc(Cc2ccc(Cl)cc2)c2ccccc2c1=P. The number of hydrogen-bond donors (Lipinski definition) is 1. The molecule has 186 valence electrons. The average Bonchev–Trinajstić information content (AvgIpc) is 3.24. The van der Waals surface area contributed by atoms with Crippen LogP contribution in [0.5, 0.6) is 0 Å². The van der Waals surface area contributed by atoms with E-state index in [1.54, 1.807) is 0 Å². The normalized spacial score (nSPS) is 16.6. The number of halogens is 4. The van der Waals surface area contributed by atoms with Crippen molar-refractivity contribution in [2.45, 2.75) is 44.4 Å². The van der Waals surface area contributed by atoms with Gasteiger partial charge in [0.2, 0.25) is 5.91 Å². The summed E-state index contributed by atoms with van der Waals surface area (Å²) >= 11 is 6.04. The van der Waals surface area contributed by atoms with E-state index in [2.05, 4.69) is 31.2 Å². The van der Waals surface area contributed by atoms with Gasteiger partial charge in [0.25, 0.3) is 0 Å². The summed E-state index contributed by atoms with van der Waals surface area (Å²) in [5.41, 5.74) is 2.06. The number of nitrogens with one attached hydrogen (secondary N) is 1. The Bertz CT molecular complexity index is 1250. The number of carbonyl (C=O) groups is 1. The zero-order valence-electron chi connectivity index (χ0n) is 19.1. The minimum Gasteiger partial charge on any atom is -0.355 e. The fraction of sp³-hybridized carbons (Fsp3) is 0.400. The molecule has 0 spiro atoms. The highest BCUT2D eigenvalue weighted by Gasteiger charge is 2.31. The van der Waals surface area contributed by atoms with Gasteiger partial charge in [0.1, 0.15) is 6.42 Å². The molecule has 0 saturated carbocycles. The summed E-state index contributed by atoms with van der Waals surface area (Å²) in [6.07, 6.45) is -3.34. The highest BCUT2D eigenvalue weighted by molar-refractivity contribution is 7.07. The minimum absolute atomic E-state index is 0.173. The van der Waals surface area contributed by atoms with Gasteiger partial charge in [-0.05, 0) is 37.1 Å². The number of nitrogens with zero attached hydrogens (tertiary/aromatic N) is 3. The first-order valence-electron chi connectivity index (χ1n) is 11.5. The average molecular weight is 523 g/mol. The van der Waals surface area contributed by atoms with Crippen LogP contribution in [0.15, 0.2) is 48.5 Å². The lowest BCUT2D eigenvalue weighted by Gasteiger charge is -2.26. The van der Waals surface area contributed by atoms with E-state index in [0.717, 1.165) is 46.5 Å². The van der Waals surface area contributed by atoms with E-state index < -0.39 is 18.5 Å². The maximum Gasteiger partial charge on any atom is 0.397 e. The van der Waals surface area contributed by atoms with Crippen molar-refractivity contribution in [1.29, 1.82) is 0 Å². The van der Waals surface area contributed by atoms with Crippen molar-refractivity contribution in [3.63, 3.8) is 0 Å². The quantitative estimate of drug-likeness (QED) is 0.398. The largest absolute Gasteiger partial charge is 0.397 e. The van der Waals surface area contributed by atoms with Gasteiger partial charge in [-0.25, -0.2) is 0 Å². The van der Waals surface area contributed by atoms with Crippen LogP contribution in [0.3, 0.4) is 0 Å². The molecule has 1 aliphatic heterocycles. The maximum absolute atomic E-state index is 12.4. The number of hydrogen-bond acceptors (Lipinski definition) is 3. The van der Waals surface area contributed by atoms with E-state index in [1.807, 2.05) is 41.1 Å². The second-order valence-electron chi connectivity index (χ2n) is 8.80. The minimum atomic E-state index is -4.49. The molecule has 1 aliphatic rings. The molecule has 1 amide bonds. The number of aromatic nitrogens is 2. The first-order chi connectivity index (χ1) is 16.7. The van der Waals surface area contributed by atoms with E-state index >= 15 is 0 Å². The van der Waals surface area contributed by atoms with Gasteiger partial charge in [0, 0.05) is 41.3 Å². The van der Waals surface area contributed by atoms with Crippen molar-refractivity contribution in [1.82, 2.24) is 20.0 Å². The van der Waals surface area contributed by atoms with Gasteiger partial charge >= 0.3 is 6.18 Å². The molecule has 5 nitrogen and oxygen atoms in total. The van der Waals surface area contributed by atoms with Crippen LogP contribution in [0.1, 0.15) is 30.5 Å². The summed E-state index contributed by atoms with van der Waals surface area (Å²) in [6, 6.07) is 16.0. The summed E-state index contributed by atoms with van der Waals surface area (Å²) in [5, 5.41) is 11.1. The Morgan fingerprint density at radius 3 is 2.57 bits per heavy atom. The molecular weight excluding hydrogens is 496 g/mol. The first kappa shape index (κ1) is 25.7. The Kier molecular flexibility index (Phi) is 8.15. The lowest BCUT2D eigenvalue weighted by molar-refractivity contribution is -0.153. The van der Waals surface area contributed by atoms with E-state index in [9.17, 15) is 18.0 Å². The second-order valence-corrected chi connectivity index (χ2v) is 9.71. The van der Waals surface area contributed by atoms with E-state index in [4.69, 9.17) is 16.7 Å². The fourth-order valence-electron chi connectivity index (χ4n) is 4.57. The molecule has 10 heteroatoms. The molecule has 2 heterocycles. The smallest absolute Gasteiger partial charge is 0.355 e. The summed E-state index contributed by atoms with van der Waals surface area (Å²) in [7, 11) is 3.80. The van der Waals surface area contributed by atoms with Crippen LogP contribution in [0, 0.1) is 5.07 Å². The van der Waals surface area contributed by atoms with Crippen molar-refractivity contribution in [2.75, 3.05) is 19.6 Å². The molecule has 0 bridgehead atoms. The molecule has 2 aromatic carbocycles. The number of amides is 1. The van der Waals surface area contributed by atoms with E-state index in [1.165, 1.54) is 0 Å². The fourth-order valence-corrected chi connectivity index (χ4v) is 5.05. The lowest BCUT2D eigenvalue weighted by atomic mass is 10.0. The summed E-state index contributed by atoms with van der Waals surface area (Å²) < 4.78 is 39.1. The molecule has 0 aliphatic carbocycles. The molecule has 1 saturated heterocycles. The van der Waals surface area contributed by atoms with Crippen LogP contribution in [0.2, 0.25) is 5.02 Å². The van der Waals surface area contributed by atoms with Gasteiger partial charge in [-0.3, -0.25) is 14.4 Å². The van der Waals surface area contributed by atoms with Crippen LogP contribution in [-0.2, 0) is 17.8 Å². The zero-order chi connectivity index (χ0) is 25.0. The first-order valence-corrected chi connectivity index (χ1v) is 12.4. The van der Waals surface area contributed by atoms with Gasteiger partial charge in [-0.1, -0.05) is 56.9 Å². The Labute approximate surface area is 209 Å². The van der Waals surface area contributed by atoms with Gasteiger partial charge < -0.3 is 5.32 Å². The van der Waals surface area contributed by atoms with Crippen molar-refractivity contribution in [3.05, 3.63) is 69.9 Å². The Morgan fingerprint density at radius 2 is 1.86 bits per heavy atom. The molecule has 0 radical (unpaired) electrons. The third kappa shape index (κ3) is 6.84. The molecule has 3 aromatic rings. The Morgan fingerprint density at radius 1 is 1.14 bits per heavy atom. The number of fused-ring (bicyclic) bond motifs is 1. The molecule has 4 rings (SSSR count). The number of alkyl halides is 3. The molecule has 1 atom stereocenters. The molecule has 35 heavy (non-hydrogen) atoms. The van der Waals surface area contributed by atoms with Crippen LogP contribution >= 0.6 is 20.5 Å². The molecule has 1 fully saturated rings. The van der Waals surface area contributed by atoms with Crippen LogP contribution < -0.4 is 5.32 Å². The molecule has 1 aromatic heterocycles. The molecular formula is C25H27ClF3N4OP. The molecule has 1 N–H and O–H groups in total. The predicted molar refractivity (Wildman–Crippen MR) is 134 cm³/mol. The molecule has 1 unspecified atom stereocenters. The van der Waals surface area contributed by atoms with Gasteiger partial charge in [-0.2, -0.15) is 18.3 Å². The third-order valence-corrected chi connectivity index (χ3v) is 7.02. The number of rotatable bonds is 8. The van der Waals surface area contributed by atoms with E-state index in [0.29, 0.717) is 24.5 Å². The highest BCUT2D eigenvalue weighted by Crippen LogP contribution is 2.24. The van der Waals surface area contributed by atoms with Gasteiger partial charge in [0.05, 0.1) is 17.3 Å². The second kappa shape index (κ2) is 11.1. The summed E-state index contributed by atoms with van der Waals surface area (Å²) in [6.45, 7) is 2.15. The van der Waals surface area contributed by atoms with Crippen molar-refractivity contribution in [2.24, 2.45) is 0 Å². The van der Waals surface area contributed by atoms with Crippen LogP contribution in [0.25, 0.3) is 10.8 Å². The topological polar surface area (TPSA) is 50.2 Å².